The van der Waals surface area contributed by atoms with Gasteiger partial charge in [-0.2, -0.15) is 4.98 Å². The number of pyridine rings is 1. The SMILES string of the molecule is C=CCn1c(=O)c2cnc(Nc3ccc(N4CCN(C)CC4)cc3)nc2n1-c1ccc2c(n1)[C@](O)(C(F)F)CC2. The molecule has 10 nitrogen and oxygen atoms in total. The number of aliphatic hydroxyl groups is 1. The summed E-state index contributed by atoms with van der Waals surface area (Å²) in [5.74, 6) is 0.449. The molecule has 1 aliphatic carbocycles. The molecule has 1 aliphatic heterocycles. The first-order valence-electron chi connectivity index (χ1n) is 13.2. The highest BCUT2D eigenvalue weighted by atomic mass is 19.3. The van der Waals surface area contributed by atoms with Crippen molar-refractivity contribution in [1.82, 2.24) is 29.2 Å². The van der Waals surface area contributed by atoms with E-state index in [1.165, 1.54) is 15.6 Å². The van der Waals surface area contributed by atoms with Gasteiger partial charge in [0.2, 0.25) is 5.95 Å². The summed E-state index contributed by atoms with van der Waals surface area (Å²) in [7, 11) is 2.12. The third kappa shape index (κ3) is 4.42. The second kappa shape index (κ2) is 10.1. The topological polar surface area (TPSA) is 104 Å². The van der Waals surface area contributed by atoms with Crippen LogP contribution in [0.15, 0.2) is 60.0 Å². The van der Waals surface area contributed by atoms with E-state index in [9.17, 15) is 18.7 Å². The molecule has 0 saturated carbocycles. The molecule has 4 heterocycles. The molecule has 0 unspecified atom stereocenters. The number of piperazine rings is 1. The first kappa shape index (κ1) is 26.1. The van der Waals surface area contributed by atoms with Gasteiger partial charge in [0.15, 0.2) is 17.1 Å². The van der Waals surface area contributed by atoms with Crippen molar-refractivity contribution in [2.75, 3.05) is 43.4 Å². The maximum absolute atomic E-state index is 13.8. The van der Waals surface area contributed by atoms with E-state index in [4.69, 9.17) is 0 Å². The Labute approximate surface area is 229 Å². The Kier molecular flexibility index (Phi) is 6.59. The number of allylic oxidation sites excluding steroid dienone is 1. The average molecular weight is 549 g/mol. The number of nitrogens with one attached hydrogen (secondary N) is 1. The van der Waals surface area contributed by atoms with Crippen LogP contribution in [0.2, 0.25) is 0 Å². The highest BCUT2D eigenvalue weighted by molar-refractivity contribution is 5.77. The normalized spacial score (nSPS) is 19.4. The summed E-state index contributed by atoms with van der Waals surface area (Å²) in [5, 5.41) is 14.1. The Morgan fingerprint density at radius 1 is 1.12 bits per heavy atom. The van der Waals surface area contributed by atoms with E-state index in [0.29, 0.717) is 12.0 Å². The lowest BCUT2D eigenvalue weighted by molar-refractivity contribution is -0.103. The molecular weight excluding hydrogens is 518 g/mol. The minimum Gasteiger partial charge on any atom is -0.378 e. The second-order valence-electron chi connectivity index (χ2n) is 10.3. The smallest absolute Gasteiger partial charge is 0.278 e. The Morgan fingerprint density at radius 3 is 2.58 bits per heavy atom. The van der Waals surface area contributed by atoms with Crippen LogP contribution < -0.4 is 15.8 Å². The van der Waals surface area contributed by atoms with Crippen LogP contribution in [0.4, 0.5) is 26.1 Å². The monoisotopic (exact) mass is 548 g/mol. The molecule has 0 bridgehead atoms. The summed E-state index contributed by atoms with van der Waals surface area (Å²) in [6.07, 6.45) is 0.165. The number of alkyl halides is 2. The molecule has 1 saturated heterocycles. The van der Waals surface area contributed by atoms with Crippen molar-refractivity contribution >= 4 is 28.4 Å². The van der Waals surface area contributed by atoms with E-state index in [2.05, 4.69) is 43.7 Å². The molecule has 2 N–H and O–H groups in total. The van der Waals surface area contributed by atoms with Gasteiger partial charge in [-0.05, 0) is 55.8 Å². The zero-order valence-electron chi connectivity index (χ0n) is 22.1. The number of halogens is 2. The zero-order chi connectivity index (χ0) is 28.0. The van der Waals surface area contributed by atoms with Crippen molar-refractivity contribution in [2.24, 2.45) is 0 Å². The van der Waals surface area contributed by atoms with Gasteiger partial charge in [0, 0.05) is 43.8 Å². The van der Waals surface area contributed by atoms with Crippen LogP contribution in [0.3, 0.4) is 0 Å². The summed E-state index contributed by atoms with van der Waals surface area (Å²) in [6, 6.07) is 11.3. The molecule has 0 spiro atoms. The number of likely N-dealkylation sites (N-methyl/N-ethyl adjacent to an activating group) is 1. The van der Waals surface area contributed by atoms with Gasteiger partial charge in [0.1, 0.15) is 5.39 Å². The van der Waals surface area contributed by atoms with Crippen molar-refractivity contribution in [3.63, 3.8) is 0 Å². The fraction of sp³-hybridized carbons (Fsp3) is 0.357. The van der Waals surface area contributed by atoms with Gasteiger partial charge in [0.05, 0.1) is 12.2 Å². The van der Waals surface area contributed by atoms with Crippen LogP contribution in [0, 0.1) is 0 Å². The van der Waals surface area contributed by atoms with E-state index in [1.54, 1.807) is 18.2 Å². The molecular formula is C28H30F2N8O2. The van der Waals surface area contributed by atoms with E-state index in [1.807, 2.05) is 24.3 Å². The van der Waals surface area contributed by atoms with E-state index >= 15 is 0 Å². The predicted molar refractivity (Wildman–Crippen MR) is 149 cm³/mol. The molecule has 0 radical (unpaired) electrons. The Bertz CT molecular complexity index is 1630. The first-order valence-corrected chi connectivity index (χ1v) is 13.2. The molecule has 1 atom stereocenters. The summed E-state index contributed by atoms with van der Waals surface area (Å²) < 4.78 is 30.4. The minimum absolute atomic E-state index is 0.0766. The van der Waals surface area contributed by atoms with Crippen molar-refractivity contribution < 1.29 is 13.9 Å². The molecule has 12 heteroatoms. The fourth-order valence-corrected chi connectivity index (χ4v) is 5.39. The Balaban J connectivity index is 1.36. The van der Waals surface area contributed by atoms with Crippen LogP contribution in [0.1, 0.15) is 17.7 Å². The first-order chi connectivity index (χ1) is 19.3. The molecule has 4 aromatic rings. The maximum atomic E-state index is 13.8. The third-order valence-electron chi connectivity index (χ3n) is 7.70. The zero-order valence-corrected chi connectivity index (χ0v) is 22.1. The lowest BCUT2D eigenvalue weighted by atomic mass is 10.0. The molecule has 40 heavy (non-hydrogen) atoms. The van der Waals surface area contributed by atoms with Gasteiger partial charge in [-0.3, -0.25) is 4.79 Å². The highest BCUT2D eigenvalue weighted by Gasteiger charge is 2.46. The number of aromatic nitrogens is 5. The van der Waals surface area contributed by atoms with E-state index in [-0.39, 0.29) is 47.0 Å². The van der Waals surface area contributed by atoms with Crippen molar-refractivity contribution in [3.8, 4) is 5.82 Å². The number of rotatable bonds is 7. The van der Waals surface area contributed by atoms with Crippen LogP contribution >= 0.6 is 0 Å². The van der Waals surface area contributed by atoms with Crippen molar-refractivity contribution in [2.45, 2.75) is 31.4 Å². The average Bonchev–Trinajstić information content (AvgIpc) is 3.44. The largest absolute Gasteiger partial charge is 0.378 e. The number of benzene rings is 1. The van der Waals surface area contributed by atoms with Gasteiger partial charge in [-0.25, -0.2) is 28.1 Å². The van der Waals surface area contributed by atoms with Gasteiger partial charge in [0.25, 0.3) is 12.0 Å². The number of aryl methyl sites for hydroxylation is 1. The van der Waals surface area contributed by atoms with E-state index in [0.717, 1.165) is 37.6 Å². The summed E-state index contributed by atoms with van der Waals surface area (Å²) in [6.45, 7) is 7.83. The van der Waals surface area contributed by atoms with Gasteiger partial charge in [-0.15, -0.1) is 6.58 Å². The molecule has 6 rings (SSSR count). The van der Waals surface area contributed by atoms with Crippen LogP contribution in [-0.4, -0.2) is 74.0 Å². The quantitative estimate of drug-likeness (QED) is 0.340. The Morgan fingerprint density at radius 2 is 1.88 bits per heavy atom. The van der Waals surface area contributed by atoms with Crippen LogP contribution in [-0.2, 0) is 18.6 Å². The Hall–Kier alpha value is -4.16. The molecule has 2 aliphatic rings. The molecule has 3 aromatic heterocycles. The molecule has 1 fully saturated rings. The second-order valence-corrected chi connectivity index (χ2v) is 10.3. The summed E-state index contributed by atoms with van der Waals surface area (Å²) in [5.41, 5.74) is -0.0691. The van der Waals surface area contributed by atoms with Gasteiger partial charge >= 0.3 is 0 Å². The van der Waals surface area contributed by atoms with Gasteiger partial charge in [-0.1, -0.05) is 12.1 Å². The molecule has 208 valence electrons. The number of fused-ring (bicyclic) bond motifs is 2. The minimum atomic E-state index is -2.99. The molecule has 0 amide bonds. The highest BCUT2D eigenvalue weighted by Crippen LogP contribution is 2.40. The summed E-state index contributed by atoms with van der Waals surface area (Å²) in [4.78, 5) is 31.3. The standard InChI is InChI=1S/C28H30F2N8O2/c1-3-12-37-25(39)21-17-31-27(32-19-5-7-20(8-6-19)36-15-13-35(2)14-16-36)34-24(21)38(37)22-9-4-18-10-11-28(40,26(29)30)23(18)33-22/h3-9,17,26,40H,1,10-16H2,2H3,(H,31,32,34)/t28-/m0/s1. The number of anilines is 3. The molecule has 1 aromatic carbocycles. The van der Waals surface area contributed by atoms with Crippen molar-refractivity contribution in [3.05, 3.63) is 76.9 Å². The van der Waals surface area contributed by atoms with Crippen molar-refractivity contribution in [1.29, 1.82) is 0 Å². The number of hydrogen-bond donors (Lipinski definition) is 2. The summed E-state index contributed by atoms with van der Waals surface area (Å²) >= 11 is 0. The van der Waals surface area contributed by atoms with E-state index < -0.39 is 12.0 Å². The van der Waals surface area contributed by atoms with Crippen LogP contribution in [0.25, 0.3) is 16.9 Å². The number of nitrogens with zero attached hydrogens (tertiary/aromatic N) is 7. The third-order valence-corrected chi connectivity index (χ3v) is 7.70. The maximum Gasteiger partial charge on any atom is 0.278 e. The lowest BCUT2D eigenvalue weighted by Crippen LogP contribution is -2.44. The number of hydrogen-bond acceptors (Lipinski definition) is 8. The lowest BCUT2D eigenvalue weighted by Gasteiger charge is -2.34. The van der Waals surface area contributed by atoms with Gasteiger partial charge < -0.3 is 20.2 Å². The predicted octanol–water partition coefficient (Wildman–Crippen LogP) is 3.06. The van der Waals surface area contributed by atoms with Crippen LogP contribution in [0.5, 0.6) is 0 Å². The fourth-order valence-electron chi connectivity index (χ4n) is 5.39.